The van der Waals surface area contributed by atoms with E-state index in [4.69, 9.17) is 15.2 Å². The van der Waals surface area contributed by atoms with Gasteiger partial charge in [0.2, 0.25) is 5.88 Å². The molecule has 3 N–H and O–H groups in total. The topological polar surface area (TPSA) is 81.8 Å². The number of nitrogens with two attached hydrogens (primary N) is 1. The maximum absolute atomic E-state index is 5.92. The van der Waals surface area contributed by atoms with Gasteiger partial charge in [0.25, 0.3) is 0 Å². The van der Waals surface area contributed by atoms with Gasteiger partial charge in [0, 0.05) is 30.8 Å². The molecule has 1 aliphatic heterocycles. The van der Waals surface area contributed by atoms with Crippen molar-refractivity contribution >= 4 is 11.6 Å². The van der Waals surface area contributed by atoms with Gasteiger partial charge in [-0.3, -0.25) is 0 Å². The standard InChI is InChI=1S/C18H22N4O2/c19-18(22-15-4-2-1-3-5-15)21-13-14-6-9-20-17(12-14)24-16-7-10-23-11-8-16/h1-6,9,12,16H,7-8,10-11,13H2,(H3,19,21,22). The van der Waals surface area contributed by atoms with Crippen molar-refractivity contribution in [3.8, 4) is 5.88 Å². The molecule has 6 heteroatoms. The van der Waals surface area contributed by atoms with E-state index in [1.807, 2.05) is 42.5 Å². The van der Waals surface area contributed by atoms with Crippen molar-refractivity contribution in [1.82, 2.24) is 4.98 Å². The molecule has 0 bridgehead atoms. The number of hydrogen-bond acceptors (Lipinski definition) is 4. The van der Waals surface area contributed by atoms with Crippen LogP contribution in [0, 0.1) is 0 Å². The molecule has 1 aliphatic rings. The number of nitrogens with zero attached hydrogens (tertiary/aromatic N) is 2. The Morgan fingerprint density at radius 2 is 2.04 bits per heavy atom. The Bertz CT molecular complexity index is 670. The van der Waals surface area contributed by atoms with Crippen molar-refractivity contribution in [2.75, 3.05) is 18.5 Å². The molecular weight excluding hydrogens is 304 g/mol. The monoisotopic (exact) mass is 326 g/mol. The zero-order valence-corrected chi connectivity index (χ0v) is 13.5. The third kappa shape index (κ3) is 4.96. The number of aliphatic imine (C=N–C) groups is 1. The Hall–Kier alpha value is -2.60. The van der Waals surface area contributed by atoms with Crippen LogP contribution < -0.4 is 15.8 Å². The lowest BCUT2D eigenvalue weighted by atomic mass is 10.1. The van der Waals surface area contributed by atoms with Crippen LogP contribution in [0.2, 0.25) is 0 Å². The first-order chi connectivity index (χ1) is 11.8. The summed E-state index contributed by atoms with van der Waals surface area (Å²) in [6.07, 6.45) is 3.71. The summed E-state index contributed by atoms with van der Waals surface area (Å²) in [6.45, 7) is 1.96. The number of anilines is 1. The molecule has 24 heavy (non-hydrogen) atoms. The van der Waals surface area contributed by atoms with Gasteiger partial charge < -0.3 is 20.5 Å². The third-order valence-electron chi connectivity index (χ3n) is 3.73. The lowest BCUT2D eigenvalue weighted by Gasteiger charge is -2.22. The zero-order valence-electron chi connectivity index (χ0n) is 13.5. The predicted molar refractivity (Wildman–Crippen MR) is 94.1 cm³/mol. The normalized spacial score (nSPS) is 15.9. The Morgan fingerprint density at radius 1 is 1.25 bits per heavy atom. The summed E-state index contributed by atoms with van der Waals surface area (Å²) in [6, 6.07) is 13.5. The molecule has 1 fully saturated rings. The van der Waals surface area contributed by atoms with E-state index in [9.17, 15) is 0 Å². The third-order valence-corrected chi connectivity index (χ3v) is 3.73. The van der Waals surface area contributed by atoms with Crippen LogP contribution in [-0.4, -0.2) is 30.3 Å². The molecule has 0 aliphatic carbocycles. The van der Waals surface area contributed by atoms with Crippen molar-refractivity contribution in [3.63, 3.8) is 0 Å². The van der Waals surface area contributed by atoms with Gasteiger partial charge in [-0.1, -0.05) is 18.2 Å². The molecule has 2 aromatic rings. The van der Waals surface area contributed by atoms with Gasteiger partial charge in [-0.15, -0.1) is 0 Å². The van der Waals surface area contributed by atoms with Gasteiger partial charge in [-0.25, -0.2) is 9.98 Å². The fourth-order valence-corrected chi connectivity index (χ4v) is 2.46. The van der Waals surface area contributed by atoms with Gasteiger partial charge in [-0.2, -0.15) is 0 Å². The lowest BCUT2D eigenvalue weighted by molar-refractivity contribution is 0.0237. The number of para-hydroxylation sites is 1. The Balaban J connectivity index is 1.56. The van der Waals surface area contributed by atoms with Crippen molar-refractivity contribution in [2.24, 2.45) is 10.7 Å². The lowest BCUT2D eigenvalue weighted by Crippen LogP contribution is -2.26. The Kier molecular flexibility index (Phi) is 5.63. The molecular formula is C18H22N4O2. The molecule has 0 radical (unpaired) electrons. The van der Waals surface area contributed by atoms with E-state index in [-0.39, 0.29) is 6.10 Å². The van der Waals surface area contributed by atoms with E-state index in [0.29, 0.717) is 18.4 Å². The first-order valence-corrected chi connectivity index (χ1v) is 8.11. The number of benzene rings is 1. The number of pyridine rings is 1. The highest BCUT2D eigenvalue weighted by molar-refractivity contribution is 5.92. The number of ether oxygens (including phenoxy) is 2. The highest BCUT2D eigenvalue weighted by Crippen LogP contribution is 2.17. The molecule has 1 aromatic heterocycles. The highest BCUT2D eigenvalue weighted by atomic mass is 16.5. The maximum atomic E-state index is 5.92. The summed E-state index contributed by atoms with van der Waals surface area (Å²) in [5.74, 6) is 1.01. The number of rotatable bonds is 5. The Morgan fingerprint density at radius 3 is 2.83 bits per heavy atom. The summed E-state index contributed by atoms with van der Waals surface area (Å²) in [5.41, 5.74) is 7.84. The highest BCUT2D eigenvalue weighted by Gasteiger charge is 2.15. The molecule has 3 rings (SSSR count). The molecule has 126 valence electrons. The summed E-state index contributed by atoms with van der Waals surface area (Å²) >= 11 is 0. The average molecular weight is 326 g/mol. The minimum Gasteiger partial charge on any atom is -0.474 e. The largest absolute Gasteiger partial charge is 0.474 e. The predicted octanol–water partition coefficient (Wildman–Crippen LogP) is 2.57. The quantitative estimate of drug-likeness (QED) is 0.652. The van der Waals surface area contributed by atoms with E-state index in [2.05, 4.69) is 15.3 Å². The van der Waals surface area contributed by atoms with E-state index < -0.39 is 0 Å². The SMILES string of the molecule is NC(=NCc1ccnc(OC2CCOCC2)c1)Nc1ccccc1. The van der Waals surface area contributed by atoms with Crippen LogP contribution >= 0.6 is 0 Å². The molecule has 6 nitrogen and oxygen atoms in total. The second-order valence-electron chi connectivity index (χ2n) is 5.62. The average Bonchev–Trinajstić information content (AvgIpc) is 2.62. The van der Waals surface area contributed by atoms with Crippen LogP contribution in [0.25, 0.3) is 0 Å². The van der Waals surface area contributed by atoms with Crippen molar-refractivity contribution < 1.29 is 9.47 Å². The van der Waals surface area contributed by atoms with Gasteiger partial charge in [-0.05, 0) is 23.8 Å². The first-order valence-electron chi connectivity index (χ1n) is 8.11. The second-order valence-corrected chi connectivity index (χ2v) is 5.62. The molecule has 0 amide bonds. The maximum Gasteiger partial charge on any atom is 0.213 e. The molecule has 0 unspecified atom stereocenters. The molecule has 0 saturated carbocycles. The molecule has 1 aromatic carbocycles. The Labute approximate surface area is 141 Å². The smallest absolute Gasteiger partial charge is 0.213 e. The second kappa shape index (κ2) is 8.31. The number of aromatic nitrogens is 1. The number of guanidine groups is 1. The van der Waals surface area contributed by atoms with Gasteiger partial charge in [0.05, 0.1) is 19.8 Å². The minimum atomic E-state index is 0.176. The zero-order chi connectivity index (χ0) is 16.6. The van der Waals surface area contributed by atoms with Gasteiger partial charge >= 0.3 is 0 Å². The van der Waals surface area contributed by atoms with Crippen LogP contribution in [0.15, 0.2) is 53.7 Å². The molecule has 2 heterocycles. The summed E-state index contributed by atoms with van der Waals surface area (Å²) in [4.78, 5) is 8.63. The molecule has 1 saturated heterocycles. The van der Waals surface area contributed by atoms with Crippen molar-refractivity contribution in [1.29, 1.82) is 0 Å². The van der Waals surface area contributed by atoms with Gasteiger partial charge in [0.15, 0.2) is 5.96 Å². The summed E-state index contributed by atoms with van der Waals surface area (Å²) in [7, 11) is 0. The van der Waals surface area contributed by atoms with E-state index in [0.717, 1.165) is 37.3 Å². The summed E-state index contributed by atoms with van der Waals surface area (Å²) < 4.78 is 11.2. The number of hydrogen-bond donors (Lipinski definition) is 2. The first kappa shape index (κ1) is 16.3. The van der Waals surface area contributed by atoms with Crippen LogP contribution in [0.4, 0.5) is 5.69 Å². The molecule has 0 spiro atoms. The van der Waals surface area contributed by atoms with Crippen molar-refractivity contribution in [2.45, 2.75) is 25.5 Å². The van der Waals surface area contributed by atoms with Crippen LogP contribution in [0.5, 0.6) is 5.88 Å². The van der Waals surface area contributed by atoms with E-state index >= 15 is 0 Å². The van der Waals surface area contributed by atoms with Gasteiger partial charge in [0.1, 0.15) is 6.10 Å². The van der Waals surface area contributed by atoms with E-state index in [1.54, 1.807) is 6.20 Å². The number of nitrogens with one attached hydrogen (secondary N) is 1. The van der Waals surface area contributed by atoms with Crippen LogP contribution in [0.3, 0.4) is 0 Å². The fraction of sp³-hybridized carbons (Fsp3) is 0.333. The van der Waals surface area contributed by atoms with Crippen LogP contribution in [0.1, 0.15) is 18.4 Å². The van der Waals surface area contributed by atoms with E-state index in [1.165, 1.54) is 0 Å². The minimum absolute atomic E-state index is 0.176. The molecule has 0 atom stereocenters. The van der Waals surface area contributed by atoms with Crippen molar-refractivity contribution in [3.05, 3.63) is 54.2 Å². The van der Waals surface area contributed by atoms with Crippen LogP contribution in [-0.2, 0) is 11.3 Å². The fourth-order valence-electron chi connectivity index (χ4n) is 2.46. The summed E-state index contributed by atoms with van der Waals surface area (Å²) in [5, 5.41) is 3.06.